The summed E-state index contributed by atoms with van der Waals surface area (Å²) in [5, 5.41) is 0. The SMILES string of the molecule is CCC(C)(C)Oc1ccc(C(C)(C)c2ccc(OC(=O)C(C)(CC)CC)c(C)c2)cc1C. The summed E-state index contributed by atoms with van der Waals surface area (Å²) in [6, 6.07) is 12.6. The molecule has 0 bridgehead atoms. The predicted octanol–water partition coefficient (Wildman–Crippen LogP) is 7.93. The molecule has 0 atom stereocenters. The molecule has 32 heavy (non-hydrogen) atoms. The Labute approximate surface area is 195 Å². The highest BCUT2D eigenvalue weighted by Gasteiger charge is 2.32. The van der Waals surface area contributed by atoms with Gasteiger partial charge in [0.05, 0.1) is 5.41 Å². The first kappa shape index (κ1) is 26.0. The van der Waals surface area contributed by atoms with Gasteiger partial charge in [0.25, 0.3) is 0 Å². The van der Waals surface area contributed by atoms with Gasteiger partial charge in [0.2, 0.25) is 0 Å². The van der Waals surface area contributed by atoms with Crippen molar-refractivity contribution < 1.29 is 14.3 Å². The molecule has 176 valence electrons. The lowest BCUT2D eigenvalue weighted by Gasteiger charge is -2.30. The average molecular weight is 439 g/mol. The van der Waals surface area contributed by atoms with E-state index in [4.69, 9.17) is 9.47 Å². The smallest absolute Gasteiger partial charge is 0.317 e. The van der Waals surface area contributed by atoms with Crippen LogP contribution in [-0.4, -0.2) is 11.6 Å². The van der Waals surface area contributed by atoms with E-state index in [0.717, 1.165) is 36.1 Å². The van der Waals surface area contributed by atoms with Crippen LogP contribution in [0, 0.1) is 19.3 Å². The molecule has 0 aromatic heterocycles. The van der Waals surface area contributed by atoms with E-state index in [-0.39, 0.29) is 17.0 Å². The number of carbonyl (C=O) groups is 1. The third kappa shape index (κ3) is 5.54. The third-order valence-electron chi connectivity index (χ3n) is 7.29. The zero-order chi connectivity index (χ0) is 24.3. The molecule has 0 radical (unpaired) electrons. The molecule has 2 rings (SSSR count). The van der Waals surface area contributed by atoms with E-state index in [1.807, 2.05) is 33.8 Å². The van der Waals surface area contributed by atoms with Gasteiger partial charge in [0.15, 0.2) is 0 Å². The van der Waals surface area contributed by atoms with Crippen molar-refractivity contribution >= 4 is 5.97 Å². The van der Waals surface area contributed by atoms with Gasteiger partial charge in [-0.05, 0) is 88.3 Å². The molecule has 0 saturated heterocycles. The monoisotopic (exact) mass is 438 g/mol. The van der Waals surface area contributed by atoms with Crippen molar-refractivity contribution in [2.75, 3.05) is 0 Å². The molecule has 0 heterocycles. The third-order valence-corrected chi connectivity index (χ3v) is 7.29. The summed E-state index contributed by atoms with van der Waals surface area (Å²) in [7, 11) is 0. The molecule has 0 saturated carbocycles. The first-order valence-electron chi connectivity index (χ1n) is 11.9. The lowest BCUT2D eigenvalue weighted by molar-refractivity contribution is -0.145. The van der Waals surface area contributed by atoms with Crippen LogP contribution in [0.2, 0.25) is 0 Å². The van der Waals surface area contributed by atoms with E-state index in [9.17, 15) is 4.79 Å². The lowest BCUT2D eigenvalue weighted by atomic mass is 9.77. The lowest BCUT2D eigenvalue weighted by Crippen LogP contribution is -2.31. The minimum atomic E-state index is -0.446. The van der Waals surface area contributed by atoms with Gasteiger partial charge in [0, 0.05) is 5.41 Å². The highest BCUT2D eigenvalue weighted by Crippen LogP contribution is 2.37. The van der Waals surface area contributed by atoms with Crippen molar-refractivity contribution in [1.29, 1.82) is 0 Å². The second kappa shape index (κ2) is 9.68. The van der Waals surface area contributed by atoms with Crippen LogP contribution in [0.25, 0.3) is 0 Å². The Hall–Kier alpha value is -2.29. The summed E-state index contributed by atoms with van der Waals surface area (Å²) in [6.45, 7) is 21.0. The number of rotatable bonds is 9. The van der Waals surface area contributed by atoms with Gasteiger partial charge in [-0.1, -0.05) is 58.9 Å². The molecule has 0 amide bonds. The summed E-state index contributed by atoms with van der Waals surface area (Å²) < 4.78 is 12.0. The average Bonchev–Trinajstić information content (AvgIpc) is 2.75. The number of ether oxygens (including phenoxy) is 2. The fourth-order valence-electron chi connectivity index (χ4n) is 3.60. The second-order valence-electron chi connectivity index (χ2n) is 10.5. The molecule has 2 aromatic rings. The molecule has 0 fully saturated rings. The zero-order valence-electron chi connectivity index (χ0n) is 21.8. The first-order valence-corrected chi connectivity index (χ1v) is 11.9. The Morgan fingerprint density at radius 2 is 1.22 bits per heavy atom. The Morgan fingerprint density at radius 1 is 0.750 bits per heavy atom. The number of hydrogen-bond acceptors (Lipinski definition) is 3. The molecular weight excluding hydrogens is 396 g/mol. The molecule has 0 aliphatic carbocycles. The minimum Gasteiger partial charge on any atom is -0.488 e. The van der Waals surface area contributed by atoms with Gasteiger partial charge in [-0.3, -0.25) is 4.79 Å². The molecule has 0 unspecified atom stereocenters. The largest absolute Gasteiger partial charge is 0.488 e. The van der Waals surface area contributed by atoms with E-state index in [2.05, 4.69) is 71.9 Å². The topological polar surface area (TPSA) is 35.5 Å². The Bertz CT molecular complexity index is 949. The van der Waals surface area contributed by atoms with E-state index >= 15 is 0 Å². The summed E-state index contributed by atoms with van der Waals surface area (Å²) in [6.07, 6.45) is 2.48. The van der Waals surface area contributed by atoms with Crippen molar-refractivity contribution in [3.05, 3.63) is 58.7 Å². The van der Waals surface area contributed by atoms with Crippen LogP contribution in [-0.2, 0) is 10.2 Å². The molecule has 3 heteroatoms. The van der Waals surface area contributed by atoms with Gasteiger partial charge >= 0.3 is 5.97 Å². The number of esters is 1. The number of carbonyl (C=O) groups excluding carboxylic acids is 1. The highest BCUT2D eigenvalue weighted by atomic mass is 16.5. The molecule has 0 spiro atoms. The summed E-state index contributed by atoms with van der Waals surface area (Å²) in [5.74, 6) is 1.42. The van der Waals surface area contributed by atoms with Crippen molar-refractivity contribution in [2.24, 2.45) is 5.41 Å². The summed E-state index contributed by atoms with van der Waals surface area (Å²) in [5.41, 5.74) is 3.70. The zero-order valence-corrected chi connectivity index (χ0v) is 21.8. The molecule has 2 aromatic carbocycles. The Balaban J connectivity index is 2.30. The van der Waals surface area contributed by atoms with Crippen LogP contribution in [0.1, 0.15) is 96.9 Å². The normalized spacial score (nSPS) is 12.6. The van der Waals surface area contributed by atoms with Gasteiger partial charge < -0.3 is 9.47 Å². The van der Waals surface area contributed by atoms with E-state index in [1.54, 1.807) is 0 Å². The van der Waals surface area contributed by atoms with Crippen molar-refractivity contribution in [3.63, 3.8) is 0 Å². The van der Waals surface area contributed by atoms with E-state index < -0.39 is 5.41 Å². The quantitative estimate of drug-likeness (QED) is 0.294. The van der Waals surface area contributed by atoms with E-state index in [0.29, 0.717) is 5.75 Å². The Morgan fingerprint density at radius 3 is 1.62 bits per heavy atom. The Kier molecular flexibility index (Phi) is 7.86. The predicted molar refractivity (Wildman–Crippen MR) is 134 cm³/mol. The highest BCUT2D eigenvalue weighted by molar-refractivity contribution is 5.79. The fourth-order valence-corrected chi connectivity index (χ4v) is 3.60. The van der Waals surface area contributed by atoms with Gasteiger partial charge in [-0.15, -0.1) is 0 Å². The van der Waals surface area contributed by atoms with Crippen molar-refractivity contribution in [2.45, 2.75) is 99.5 Å². The van der Waals surface area contributed by atoms with Crippen LogP contribution in [0.3, 0.4) is 0 Å². The van der Waals surface area contributed by atoms with Crippen LogP contribution < -0.4 is 9.47 Å². The van der Waals surface area contributed by atoms with Gasteiger partial charge in [-0.2, -0.15) is 0 Å². The number of hydrogen-bond donors (Lipinski definition) is 0. The molecule has 0 aliphatic rings. The summed E-state index contributed by atoms with van der Waals surface area (Å²) in [4.78, 5) is 12.7. The van der Waals surface area contributed by atoms with E-state index in [1.165, 1.54) is 11.1 Å². The fraction of sp³-hybridized carbons (Fsp3) is 0.552. The molecule has 0 N–H and O–H groups in total. The van der Waals surface area contributed by atoms with Crippen LogP contribution in [0.4, 0.5) is 0 Å². The maximum Gasteiger partial charge on any atom is 0.317 e. The van der Waals surface area contributed by atoms with Crippen LogP contribution >= 0.6 is 0 Å². The first-order chi connectivity index (χ1) is 14.8. The van der Waals surface area contributed by atoms with Crippen LogP contribution in [0.5, 0.6) is 11.5 Å². The van der Waals surface area contributed by atoms with Crippen LogP contribution in [0.15, 0.2) is 36.4 Å². The summed E-state index contributed by atoms with van der Waals surface area (Å²) >= 11 is 0. The van der Waals surface area contributed by atoms with Gasteiger partial charge in [0.1, 0.15) is 17.1 Å². The second-order valence-corrected chi connectivity index (χ2v) is 10.5. The maximum atomic E-state index is 12.7. The molecule has 3 nitrogen and oxygen atoms in total. The van der Waals surface area contributed by atoms with Crippen molar-refractivity contribution in [3.8, 4) is 11.5 Å². The number of benzene rings is 2. The minimum absolute atomic E-state index is 0.154. The molecular formula is C29H42O3. The van der Waals surface area contributed by atoms with Gasteiger partial charge in [-0.25, -0.2) is 0 Å². The van der Waals surface area contributed by atoms with Crippen molar-refractivity contribution in [1.82, 2.24) is 0 Å². The number of aryl methyl sites for hydroxylation is 2. The maximum absolute atomic E-state index is 12.7. The standard InChI is InChI=1S/C29H42O3/c1-11-27(6,7)32-25-17-15-23(19-21(25)5)28(8,9)22-14-16-24(20(4)18-22)31-26(30)29(10,12-2)13-3/h14-19H,11-13H2,1-10H3. The molecule has 0 aliphatic heterocycles.